The van der Waals surface area contributed by atoms with E-state index in [9.17, 15) is 4.39 Å². The average molecular weight is 258 g/mol. The molecule has 0 amide bonds. The lowest BCUT2D eigenvalue weighted by atomic mass is 10.0. The number of aryl methyl sites for hydroxylation is 1. The summed E-state index contributed by atoms with van der Waals surface area (Å²) in [5, 5.41) is 3.76. The number of benzene rings is 1. The van der Waals surface area contributed by atoms with Crippen LogP contribution in [0.2, 0.25) is 5.02 Å². The van der Waals surface area contributed by atoms with Crippen LogP contribution in [0.4, 0.5) is 4.39 Å². The zero-order valence-electron chi connectivity index (χ0n) is 10.6. The van der Waals surface area contributed by atoms with Gasteiger partial charge in [0.15, 0.2) is 0 Å². The summed E-state index contributed by atoms with van der Waals surface area (Å²) in [6.07, 6.45) is 5.24. The Morgan fingerprint density at radius 3 is 2.71 bits per heavy atom. The van der Waals surface area contributed by atoms with Crippen molar-refractivity contribution in [3.8, 4) is 0 Å². The molecule has 0 spiro atoms. The van der Waals surface area contributed by atoms with Gasteiger partial charge in [-0.1, -0.05) is 31.0 Å². The van der Waals surface area contributed by atoms with Crippen molar-refractivity contribution in [2.75, 3.05) is 7.05 Å². The van der Waals surface area contributed by atoms with Gasteiger partial charge >= 0.3 is 0 Å². The summed E-state index contributed by atoms with van der Waals surface area (Å²) in [5.74, 6) is -0.186. The van der Waals surface area contributed by atoms with Crippen molar-refractivity contribution in [2.45, 2.75) is 45.1 Å². The fourth-order valence-corrected chi connectivity index (χ4v) is 2.20. The van der Waals surface area contributed by atoms with Crippen molar-refractivity contribution in [1.29, 1.82) is 0 Å². The van der Waals surface area contributed by atoms with Crippen LogP contribution in [0.1, 0.15) is 38.2 Å². The Morgan fingerprint density at radius 1 is 1.35 bits per heavy atom. The Kier molecular flexibility index (Phi) is 6.53. The predicted octanol–water partition coefficient (Wildman–Crippen LogP) is 4.19. The van der Waals surface area contributed by atoms with E-state index in [-0.39, 0.29) is 5.82 Å². The van der Waals surface area contributed by atoms with Gasteiger partial charge in [-0.25, -0.2) is 4.39 Å². The third-order valence-electron chi connectivity index (χ3n) is 3.06. The summed E-state index contributed by atoms with van der Waals surface area (Å²) in [5.41, 5.74) is 0.765. The molecule has 0 saturated heterocycles. The van der Waals surface area contributed by atoms with Gasteiger partial charge in [0.2, 0.25) is 0 Å². The highest BCUT2D eigenvalue weighted by atomic mass is 35.5. The van der Waals surface area contributed by atoms with Gasteiger partial charge in [-0.2, -0.15) is 0 Å². The molecule has 0 aliphatic rings. The van der Waals surface area contributed by atoms with Crippen molar-refractivity contribution in [1.82, 2.24) is 5.32 Å². The lowest BCUT2D eigenvalue weighted by Gasteiger charge is -2.14. The van der Waals surface area contributed by atoms with E-state index in [2.05, 4.69) is 12.2 Å². The van der Waals surface area contributed by atoms with Gasteiger partial charge in [0.25, 0.3) is 0 Å². The van der Waals surface area contributed by atoms with E-state index in [1.807, 2.05) is 7.05 Å². The van der Waals surface area contributed by atoms with Crippen molar-refractivity contribution < 1.29 is 4.39 Å². The maximum absolute atomic E-state index is 13.5. The summed E-state index contributed by atoms with van der Waals surface area (Å²) in [4.78, 5) is 0. The average Bonchev–Trinajstić information content (AvgIpc) is 2.30. The first-order valence-electron chi connectivity index (χ1n) is 6.28. The van der Waals surface area contributed by atoms with Crippen LogP contribution in [0.5, 0.6) is 0 Å². The Labute approximate surface area is 108 Å². The molecule has 1 atom stereocenters. The van der Waals surface area contributed by atoms with Crippen LogP contribution in [-0.4, -0.2) is 13.1 Å². The molecule has 3 heteroatoms. The molecule has 0 aromatic heterocycles. The molecule has 1 rings (SSSR count). The minimum Gasteiger partial charge on any atom is -0.317 e. The van der Waals surface area contributed by atoms with E-state index in [0.717, 1.165) is 24.8 Å². The fourth-order valence-electron chi connectivity index (χ4n) is 2.04. The van der Waals surface area contributed by atoms with E-state index in [1.165, 1.54) is 18.9 Å². The van der Waals surface area contributed by atoms with Crippen LogP contribution >= 0.6 is 11.6 Å². The number of halogens is 2. The first-order chi connectivity index (χ1) is 8.17. The molecule has 1 nitrogen and oxygen atoms in total. The largest absolute Gasteiger partial charge is 0.317 e. The molecule has 1 aromatic rings. The summed E-state index contributed by atoms with van der Waals surface area (Å²) in [7, 11) is 1.99. The first kappa shape index (κ1) is 14.5. The lowest BCUT2D eigenvalue weighted by Crippen LogP contribution is -2.24. The molecule has 1 aromatic carbocycles. The van der Waals surface area contributed by atoms with Crippen molar-refractivity contribution >= 4 is 11.6 Å². The fraction of sp³-hybridized carbons (Fsp3) is 0.571. The zero-order valence-corrected chi connectivity index (χ0v) is 11.4. The van der Waals surface area contributed by atoms with E-state index in [4.69, 9.17) is 11.6 Å². The van der Waals surface area contributed by atoms with Crippen molar-refractivity contribution in [2.24, 2.45) is 0 Å². The van der Waals surface area contributed by atoms with Gasteiger partial charge in [0.1, 0.15) is 5.82 Å². The third kappa shape index (κ3) is 5.05. The standard InChI is InChI=1S/C14H21ClFN/c1-3-5-13(17-2)7-4-6-11-8-9-12(15)10-14(11)16/h8-10,13,17H,3-7H2,1-2H3. The maximum atomic E-state index is 13.5. The second kappa shape index (κ2) is 7.67. The normalized spacial score (nSPS) is 12.7. The molecule has 96 valence electrons. The SMILES string of the molecule is CCCC(CCCc1ccc(Cl)cc1F)NC. The van der Waals surface area contributed by atoms with E-state index in [1.54, 1.807) is 12.1 Å². The van der Waals surface area contributed by atoms with Crippen LogP contribution in [0.25, 0.3) is 0 Å². The van der Waals surface area contributed by atoms with Crippen LogP contribution in [-0.2, 0) is 6.42 Å². The second-order valence-electron chi connectivity index (χ2n) is 4.40. The molecule has 0 saturated carbocycles. The Bertz CT molecular complexity index is 341. The van der Waals surface area contributed by atoms with Crippen LogP contribution in [0.15, 0.2) is 18.2 Å². The van der Waals surface area contributed by atoms with Gasteiger partial charge in [-0.15, -0.1) is 0 Å². The number of nitrogens with one attached hydrogen (secondary N) is 1. The molecule has 0 aliphatic carbocycles. The molecular formula is C14H21ClFN. The predicted molar refractivity (Wildman–Crippen MR) is 72.1 cm³/mol. The quantitative estimate of drug-likeness (QED) is 0.772. The Hall–Kier alpha value is -0.600. The summed E-state index contributed by atoms with van der Waals surface area (Å²) >= 11 is 5.72. The van der Waals surface area contributed by atoms with Gasteiger partial charge < -0.3 is 5.32 Å². The maximum Gasteiger partial charge on any atom is 0.127 e. The van der Waals surface area contributed by atoms with Gasteiger partial charge in [-0.3, -0.25) is 0 Å². The van der Waals surface area contributed by atoms with E-state index in [0.29, 0.717) is 11.1 Å². The summed E-state index contributed by atoms with van der Waals surface area (Å²) < 4.78 is 13.5. The minimum atomic E-state index is -0.186. The van der Waals surface area contributed by atoms with E-state index >= 15 is 0 Å². The molecule has 1 N–H and O–H groups in total. The molecule has 0 heterocycles. The van der Waals surface area contributed by atoms with Crippen molar-refractivity contribution in [3.05, 3.63) is 34.6 Å². The monoisotopic (exact) mass is 257 g/mol. The molecule has 1 unspecified atom stereocenters. The van der Waals surface area contributed by atoms with Crippen LogP contribution < -0.4 is 5.32 Å². The van der Waals surface area contributed by atoms with Gasteiger partial charge in [-0.05, 0) is 50.4 Å². The second-order valence-corrected chi connectivity index (χ2v) is 4.84. The number of hydrogen-bond acceptors (Lipinski definition) is 1. The van der Waals surface area contributed by atoms with Crippen LogP contribution in [0, 0.1) is 5.82 Å². The summed E-state index contributed by atoms with van der Waals surface area (Å²) in [6, 6.07) is 5.47. The van der Waals surface area contributed by atoms with Gasteiger partial charge in [0.05, 0.1) is 0 Å². The number of rotatable bonds is 7. The molecule has 0 radical (unpaired) electrons. The van der Waals surface area contributed by atoms with Crippen LogP contribution in [0.3, 0.4) is 0 Å². The minimum absolute atomic E-state index is 0.186. The lowest BCUT2D eigenvalue weighted by molar-refractivity contribution is 0.467. The highest BCUT2D eigenvalue weighted by Crippen LogP contribution is 2.17. The third-order valence-corrected chi connectivity index (χ3v) is 3.29. The Morgan fingerprint density at radius 2 is 2.12 bits per heavy atom. The summed E-state index contributed by atoms with van der Waals surface area (Å²) in [6.45, 7) is 2.18. The first-order valence-corrected chi connectivity index (χ1v) is 6.66. The molecular weight excluding hydrogens is 237 g/mol. The van der Waals surface area contributed by atoms with E-state index < -0.39 is 0 Å². The highest BCUT2D eigenvalue weighted by Gasteiger charge is 2.06. The Balaban J connectivity index is 2.39. The molecule has 0 aliphatic heterocycles. The van der Waals surface area contributed by atoms with Crippen molar-refractivity contribution in [3.63, 3.8) is 0 Å². The topological polar surface area (TPSA) is 12.0 Å². The molecule has 0 bridgehead atoms. The van der Waals surface area contributed by atoms with Gasteiger partial charge in [0, 0.05) is 11.1 Å². The highest BCUT2D eigenvalue weighted by molar-refractivity contribution is 6.30. The molecule has 17 heavy (non-hydrogen) atoms. The zero-order chi connectivity index (χ0) is 12.7. The number of hydrogen-bond donors (Lipinski definition) is 1. The molecule has 0 fully saturated rings. The smallest absolute Gasteiger partial charge is 0.127 e.